The van der Waals surface area contributed by atoms with Gasteiger partial charge in [0.15, 0.2) is 11.5 Å². The SMILES string of the molecule is COc1ccc(N2CCC(NC(=O)C3CC(=O)N(c4ccc5c(c4)OCO5)C3)CC2)cc1. The zero-order chi connectivity index (χ0) is 22.1. The van der Waals surface area contributed by atoms with E-state index in [1.54, 1.807) is 24.1 Å². The summed E-state index contributed by atoms with van der Waals surface area (Å²) in [5.74, 6) is 1.73. The number of piperidine rings is 1. The number of methoxy groups -OCH3 is 1. The summed E-state index contributed by atoms with van der Waals surface area (Å²) in [4.78, 5) is 29.5. The molecule has 8 heteroatoms. The summed E-state index contributed by atoms with van der Waals surface area (Å²) in [6.07, 6.45) is 1.99. The maximum atomic E-state index is 12.9. The van der Waals surface area contributed by atoms with E-state index >= 15 is 0 Å². The van der Waals surface area contributed by atoms with Crippen molar-refractivity contribution in [3.63, 3.8) is 0 Å². The molecule has 2 saturated heterocycles. The van der Waals surface area contributed by atoms with Crippen molar-refractivity contribution in [1.82, 2.24) is 5.32 Å². The van der Waals surface area contributed by atoms with Crippen molar-refractivity contribution in [2.45, 2.75) is 25.3 Å². The molecule has 3 heterocycles. The highest BCUT2D eigenvalue weighted by Gasteiger charge is 2.36. The van der Waals surface area contributed by atoms with Gasteiger partial charge in [-0.05, 0) is 49.2 Å². The number of ether oxygens (including phenoxy) is 3. The maximum Gasteiger partial charge on any atom is 0.231 e. The fourth-order valence-corrected chi connectivity index (χ4v) is 4.58. The third-order valence-corrected chi connectivity index (χ3v) is 6.44. The predicted octanol–water partition coefficient (Wildman–Crippen LogP) is 2.56. The number of nitrogens with zero attached hydrogens (tertiary/aromatic N) is 2. The first-order valence-electron chi connectivity index (χ1n) is 11.0. The van der Waals surface area contributed by atoms with Crippen molar-refractivity contribution in [3.8, 4) is 17.2 Å². The Morgan fingerprint density at radius 3 is 2.50 bits per heavy atom. The molecule has 2 fully saturated rings. The summed E-state index contributed by atoms with van der Waals surface area (Å²) >= 11 is 0. The Balaban J connectivity index is 1.14. The molecule has 168 valence electrons. The molecule has 1 unspecified atom stereocenters. The van der Waals surface area contributed by atoms with Gasteiger partial charge in [0, 0.05) is 49.5 Å². The van der Waals surface area contributed by atoms with Crippen molar-refractivity contribution in [2.24, 2.45) is 5.92 Å². The van der Waals surface area contributed by atoms with E-state index < -0.39 is 0 Å². The smallest absolute Gasteiger partial charge is 0.231 e. The maximum absolute atomic E-state index is 12.9. The minimum atomic E-state index is -0.340. The lowest BCUT2D eigenvalue weighted by atomic mass is 10.0. The van der Waals surface area contributed by atoms with E-state index in [1.165, 1.54) is 0 Å². The number of amides is 2. The molecule has 1 atom stereocenters. The number of carbonyl (C=O) groups excluding carboxylic acids is 2. The summed E-state index contributed by atoms with van der Waals surface area (Å²) in [7, 11) is 1.66. The quantitative estimate of drug-likeness (QED) is 0.775. The third-order valence-electron chi connectivity index (χ3n) is 6.44. The Kier molecular flexibility index (Phi) is 5.51. The van der Waals surface area contributed by atoms with Gasteiger partial charge in [-0.2, -0.15) is 0 Å². The number of fused-ring (bicyclic) bond motifs is 1. The number of hydrogen-bond acceptors (Lipinski definition) is 6. The highest BCUT2D eigenvalue weighted by atomic mass is 16.7. The summed E-state index contributed by atoms with van der Waals surface area (Å²) < 4.78 is 16.0. The van der Waals surface area contributed by atoms with Crippen molar-refractivity contribution in [2.75, 3.05) is 43.3 Å². The number of benzene rings is 2. The first kappa shape index (κ1) is 20.5. The first-order chi connectivity index (χ1) is 15.6. The number of nitrogens with one attached hydrogen (secondary N) is 1. The van der Waals surface area contributed by atoms with Crippen LogP contribution in [0.4, 0.5) is 11.4 Å². The summed E-state index contributed by atoms with van der Waals surface area (Å²) in [5.41, 5.74) is 1.90. The van der Waals surface area contributed by atoms with Gasteiger partial charge in [-0.3, -0.25) is 9.59 Å². The molecule has 2 amide bonds. The van der Waals surface area contributed by atoms with Crippen molar-refractivity contribution in [1.29, 1.82) is 0 Å². The second-order valence-corrected chi connectivity index (χ2v) is 8.41. The highest BCUT2D eigenvalue weighted by molar-refractivity contribution is 6.00. The molecule has 5 rings (SSSR count). The molecule has 2 aromatic rings. The fourth-order valence-electron chi connectivity index (χ4n) is 4.58. The minimum absolute atomic E-state index is 0.0375. The van der Waals surface area contributed by atoms with Crippen LogP contribution >= 0.6 is 0 Å². The molecule has 3 aliphatic heterocycles. The van der Waals surface area contributed by atoms with Crippen LogP contribution in [0.3, 0.4) is 0 Å². The summed E-state index contributed by atoms with van der Waals surface area (Å²) in [6.45, 7) is 2.33. The Morgan fingerprint density at radius 1 is 1.03 bits per heavy atom. The van der Waals surface area contributed by atoms with Crippen LogP contribution in [0.15, 0.2) is 42.5 Å². The zero-order valence-corrected chi connectivity index (χ0v) is 18.1. The van der Waals surface area contributed by atoms with E-state index in [0.29, 0.717) is 18.0 Å². The lowest BCUT2D eigenvalue weighted by molar-refractivity contribution is -0.127. The summed E-state index contributed by atoms with van der Waals surface area (Å²) in [5, 5.41) is 3.18. The highest BCUT2D eigenvalue weighted by Crippen LogP contribution is 2.37. The van der Waals surface area contributed by atoms with Gasteiger partial charge in [0.05, 0.1) is 13.0 Å². The number of carbonyl (C=O) groups is 2. The molecule has 0 bridgehead atoms. The molecular weight excluding hydrogens is 410 g/mol. The van der Waals surface area contributed by atoms with Gasteiger partial charge in [0.25, 0.3) is 0 Å². The van der Waals surface area contributed by atoms with Gasteiger partial charge >= 0.3 is 0 Å². The third kappa shape index (κ3) is 4.04. The van der Waals surface area contributed by atoms with E-state index in [-0.39, 0.29) is 37.0 Å². The van der Waals surface area contributed by atoms with Crippen LogP contribution in [0.1, 0.15) is 19.3 Å². The van der Waals surface area contributed by atoms with Gasteiger partial charge in [0.2, 0.25) is 18.6 Å². The van der Waals surface area contributed by atoms with Crippen LogP contribution in [0, 0.1) is 5.92 Å². The standard InChI is InChI=1S/C24H27N3O5/c1-30-20-5-2-18(3-6-20)26-10-8-17(9-11-26)25-24(29)16-12-23(28)27(14-16)19-4-7-21-22(13-19)32-15-31-21/h2-7,13,16-17H,8-12,14-15H2,1H3,(H,25,29). The second kappa shape index (κ2) is 8.61. The van der Waals surface area contributed by atoms with E-state index in [1.807, 2.05) is 18.2 Å². The molecule has 0 spiro atoms. The molecule has 32 heavy (non-hydrogen) atoms. The van der Waals surface area contributed by atoms with Gasteiger partial charge in [0.1, 0.15) is 5.75 Å². The van der Waals surface area contributed by atoms with Crippen molar-refractivity contribution < 1.29 is 23.8 Å². The molecule has 3 aliphatic rings. The first-order valence-corrected chi connectivity index (χ1v) is 11.0. The van der Waals surface area contributed by atoms with Crippen molar-refractivity contribution in [3.05, 3.63) is 42.5 Å². The lowest BCUT2D eigenvalue weighted by Gasteiger charge is -2.34. The molecule has 0 saturated carbocycles. The van der Waals surface area contributed by atoms with Crippen LogP contribution in [0.2, 0.25) is 0 Å². The summed E-state index contributed by atoms with van der Waals surface area (Å²) in [6, 6.07) is 13.6. The molecule has 8 nitrogen and oxygen atoms in total. The Bertz CT molecular complexity index is 1000. The Hall–Kier alpha value is -3.42. The molecule has 0 aliphatic carbocycles. The zero-order valence-electron chi connectivity index (χ0n) is 18.1. The molecule has 2 aromatic carbocycles. The molecule has 0 aromatic heterocycles. The van der Waals surface area contributed by atoms with Crippen molar-refractivity contribution >= 4 is 23.2 Å². The fraction of sp³-hybridized carbons (Fsp3) is 0.417. The lowest BCUT2D eigenvalue weighted by Crippen LogP contribution is -2.46. The largest absolute Gasteiger partial charge is 0.497 e. The Morgan fingerprint density at radius 2 is 1.75 bits per heavy atom. The normalized spacial score (nSPS) is 20.5. The van der Waals surface area contributed by atoms with Gasteiger partial charge in [-0.15, -0.1) is 0 Å². The monoisotopic (exact) mass is 437 g/mol. The second-order valence-electron chi connectivity index (χ2n) is 8.41. The minimum Gasteiger partial charge on any atom is -0.497 e. The predicted molar refractivity (Wildman–Crippen MR) is 119 cm³/mol. The van der Waals surface area contributed by atoms with Gasteiger partial charge in [-0.1, -0.05) is 0 Å². The molecular formula is C24H27N3O5. The van der Waals surface area contributed by atoms with E-state index in [2.05, 4.69) is 22.3 Å². The molecule has 1 N–H and O–H groups in total. The van der Waals surface area contributed by atoms with E-state index in [9.17, 15) is 9.59 Å². The number of hydrogen-bond donors (Lipinski definition) is 1. The van der Waals surface area contributed by atoms with E-state index in [4.69, 9.17) is 14.2 Å². The van der Waals surface area contributed by atoms with Crippen LogP contribution in [0.25, 0.3) is 0 Å². The molecule has 0 radical (unpaired) electrons. The van der Waals surface area contributed by atoms with Crippen LogP contribution in [-0.2, 0) is 9.59 Å². The number of anilines is 2. The van der Waals surface area contributed by atoms with Crippen LogP contribution in [0.5, 0.6) is 17.2 Å². The van der Waals surface area contributed by atoms with Crippen LogP contribution in [-0.4, -0.2) is 51.4 Å². The topological polar surface area (TPSA) is 80.3 Å². The number of rotatable bonds is 5. The van der Waals surface area contributed by atoms with E-state index in [0.717, 1.165) is 43.1 Å². The average molecular weight is 437 g/mol. The van der Waals surface area contributed by atoms with Crippen LogP contribution < -0.4 is 29.3 Å². The van der Waals surface area contributed by atoms with Gasteiger partial charge < -0.3 is 29.3 Å². The van der Waals surface area contributed by atoms with Gasteiger partial charge in [-0.25, -0.2) is 0 Å². The Labute approximate surface area is 187 Å². The average Bonchev–Trinajstić information content (AvgIpc) is 3.45.